The standard InChI is InChI=1S/C32H22N6O8/c1-17-10-13-24(26(14-17)38(45)46)35-30(39)28-27-19-6-2-4-8-21(19)32(29(28)31(35)40,22-9-5-3-7-20(22)27)16-33-34-23-12-11-18(36(41)42)15-25(23)37(43)44/h2-16,27-29,34H,1H3/b33-16-/t27?,28-,29-,32?/m1/s1. The van der Waals surface area contributed by atoms with Crippen LogP contribution in [0.25, 0.3) is 0 Å². The van der Waals surface area contributed by atoms with Crippen molar-refractivity contribution < 1.29 is 24.4 Å². The monoisotopic (exact) mass is 618 g/mol. The quantitative estimate of drug-likeness (QED) is 0.123. The second-order valence-electron chi connectivity index (χ2n) is 11.4. The number of imide groups is 1. The van der Waals surface area contributed by atoms with Crippen molar-refractivity contribution in [2.24, 2.45) is 16.9 Å². The van der Waals surface area contributed by atoms with Crippen molar-refractivity contribution in [1.82, 2.24) is 0 Å². The number of hydrazone groups is 1. The summed E-state index contributed by atoms with van der Waals surface area (Å²) in [5, 5.41) is 39.4. The first-order valence-electron chi connectivity index (χ1n) is 14.1. The molecule has 8 rings (SSSR count). The minimum atomic E-state index is -1.36. The zero-order chi connectivity index (χ0) is 32.5. The van der Waals surface area contributed by atoms with Gasteiger partial charge in [0.05, 0.1) is 38.1 Å². The molecule has 4 aromatic carbocycles. The summed E-state index contributed by atoms with van der Waals surface area (Å²) in [7, 11) is 0. The van der Waals surface area contributed by atoms with Crippen LogP contribution in [-0.4, -0.2) is 32.8 Å². The molecule has 2 amide bonds. The van der Waals surface area contributed by atoms with Crippen molar-refractivity contribution in [2.45, 2.75) is 18.3 Å². The predicted octanol–water partition coefficient (Wildman–Crippen LogP) is 5.37. The van der Waals surface area contributed by atoms with Gasteiger partial charge in [0.2, 0.25) is 11.8 Å². The minimum Gasteiger partial charge on any atom is -0.274 e. The molecule has 0 unspecified atom stereocenters. The van der Waals surface area contributed by atoms with Gasteiger partial charge in [0, 0.05) is 24.3 Å². The van der Waals surface area contributed by atoms with Crippen LogP contribution in [-0.2, 0) is 15.0 Å². The summed E-state index contributed by atoms with van der Waals surface area (Å²) in [5.41, 5.74) is 3.14. The van der Waals surface area contributed by atoms with Crippen LogP contribution < -0.4 is 10.3 Å². The fourth-order valence-electron chi connectivity index (χ4n) is 7.34. The van der Waals surface area contributed by atoms with Crippen LogP contribution in [0.15, 0.2) is 90.0 Å². The smallest absolute Gasteiger partial charge is 0.274 e. The maximum Gasteiger partial charge on any atom is 0.301 e. The summed E-state index contributed by atoms with van der Waals surface area (Å²) < 4.78 is 0. The van der Waals surface area contributed by atoms with E-state index in [1.165, 1.54) is 18.3 Å². The number of hydrogen-bond acceptors (Lipinski definition) is 10. The second-order valence-corrected chi connectivity index (χ2v) is 11.4. The van der Waals surface area contributed by atoms with Crippen molar-refractivity contribution >= 4 is 46.5 Å². The second kappa shape index (κ2) is 10.1. The molecule has 228 valence electrons. The van der Waals surface area contributed by atoms with Gasteiger partial charge in [-0.05, 0) is 46.9 Å². The number of hydrogen-bond donors (Lipinski definition) is 1. The number of anilines is 2. The van der Waals surface area contributed by atoms with E-state index in [1.807, 2.05) is 36.4 Å². The molecule has 0 saturated carbocycles. The fraction of sp³-hybridized carbons (Fsp3) is 0.156. The van der Waals surface area contributed by atoms with Gasteiger partial charge in [-0.15, -0.1) is 0 Å². The van der Waals surface area contributed by atoms with Gasteiger partial charge in [-0.1, -0.05) is 54.6 Å². The Morgan fingerprint density at radius 3 is 2.02 bits per heavy atom. The van der Waals surface area contributed by atoms with Gasteiger partial charge < -0.3 is 0 Å². The largest absolute Gasteiger partial charge is 0.301 e. The van der Waals surface area contributed by atoms with Gasteiger partial charge >= 0.3 is 5.69 Å². The lowest BCUT2D eigenvalue weighted by atomic mass is 9.47. The molecule has 1 heterocycles. The Balaban J connectivity index is 1.42. The van der Waals surface area contributed by atoms with E-state index in [1.54, 1.807) is 25.1 Å². The Morgan fingerprint density at radius 2 is 1.41 bits per heavy atom. The maximum atomic E-state index is 14.6. The van der Waals surface area contributed by atoms with E-state index < -0.39 is 61.1 Å². The third-order valence-corrected chi connectivity index (χ3v) is 9.09. The third-order valence-electron chi connectivity index (χ3n) is 9.09. The van der Waals surface area contributed by atoms with Crippen LogP contribution in [0, 0.1) is 49.1 Å². The van der Waals surface area contributed by atoms with Crippen molar-refractivity contribution in [3.05, 3.63) is 143 Å². The number of aryl methyl sites for hydroxylation is 1. The number of amides is 2. The van der Waals surface area contributed by atoms with Crippen molar-refractivity contribution in [1.29, 1.82) is 0 Å². The fourth-order valence-corrected chi connectivity index (χ4v) is 7.34. The Morgan fingerprint density at radius 1 is 0.783 bits per heavy atom. The third kappa shape index (κ3) is 3.86. The van der Waals surface area contributed by atoms with E-state index in [0.717, 1.165) is 34.2 Å². The summed E-state index contributed by atoms with van der Waals surface area (Å²) in [6.07, 6.45) is 1.45. The molecule has 2 bridgehead atoms. The zero-order valence-electron chi connectivity index (χ0n) is 23.9. The maximum absolute atomic E-state index is 14.6. The van der Waals surface area contributed by atoms with Crippen LogP contribution in [0.2, 0.25) is 0 Å². The molecule has 1 saturated heterocycles. The molecular weight excluding hydrogens is 596 g/mol. The number of rotatable bonds is 7. The van der Waals surface area contributed by atoms with Gasteiger partial charge in [-0.3, -0.25) is 45.4 Å². The number of nitro benzene ring substituents is 3. The molecule has 1 aliphatic heterocycles. The molecule has 4 aromatic rings. The Kier molecular flexibility index (Phi) is 6.26. The average molecular weight is 619 g/mol. The average Bonchev–Trinajstić information content (AvgIpc) is 3.31. The molecule has 14 heteroatoms. The lowest BCUT2D eigenvalue weighted by molar-refractivity contribution is -0.393. The first-order chi connectivity index (χ1) is 22.1. The number of nitrogens with one attached hydrogen (secondary N) is 1. The van der Waals surface area contributed by atoms with E-state index in [0.29, 0.717) is 16.7 Å². The highest BCUT2D eigenvalue weighted by Crippen LogP contribution is 2.64. The number of nitro groups is 3. The summed E-state index contributed by atoms with van der Waals surface area (Å²) >= 11 is 0. The van der Waals surface area contributed by atoms with Crippen LogP contribution in [0.3, 0.4) is 0 Å². The summed E-state index contributed by atoms with van der Waals surface area (Å²) in [5.74, 6) is -3.73. The Labute approximate surface area is 259 Å². The number of carbonyl (C=O) groups is 2. The van der Waals surface area contributed by atoms with Crippen molar-refractivity contribution in [3.63, 3.8) is 0 Å². The molecule has 4 aliphatic rings. The van der Waals surface area contributed by atoms with Gasteiger partial charge in [0.1, 0.15) is 11.4 Å². The summed E-state index contributed by atoms with van der Waals surface area (Å²) in [6.45, 7) is 1.67. The minimum absolute atomic E-state index is 0.126. The lowest BCUT2D eigenvalue weighted by Crippen LogP contribution is -2.54. The van der Waals surface area contributed by atoms with Gasteiger partial charge in [-0.25, -0.2) is 4.90 Å². The van der Waals surface area contributed by atoms with E-state index in [2.05, 4.69) is 10.5 Å². The predicted molar refractivity (Wildman–Crippen MR) is 165 cm³/mol. The molecule has 1 fully saturated rings. The highest BCUT2D eigenvalue weighted by molar-refractivity contribution is 6.25. The highest BCUT2D eigenvalue weighted by Gasteiger charge is 2.68. The van der Waals surface area contributed by atoms with Gasteiger partial charge in [-0.2, -0.15) is 5.10 Å². The molecule has 3 aliphatic carbocycles. The molecule has 46 heavy (non-hydrogen) atoms. The SMILES string of the molecule is Cc1ccc(N2C(=O)[C@@H]3C4c5ccccc5C(/C=N\Nc5ccc([N+](=O)[O-])cc5[N+](=O)[O-])(c5ccccc54)[C@H]3C2=O)c([N+](=O)[O-])c1. The van der Waals surface area contributed by atoms with Gasteiger partial charge in [0.15, 0.2) is 0 Å². The molecule has 14 nitrogen and oxygen atoms in total. The molecule has 2 atom stereocenters. The summed E-state index contributed by atoms with van der Waals surface area (Å²) in [6, 6.07) is 22.0. The normalized spacial score (nSPS) is 22.4. The number of carbonyl (C=O) groups excluding carboxylic acids is 2. The van der Waals surface area contributed by atoms with Crippen molar-refractivity contribution in [3.8, 4) is 0 Å². The highest BCUT2D eigenvalue weighted by atomic mass is 16.6. The van der Waals surface area contributed by atoms with Crippen molar-refractivity contribution in [2.75, 3.05) is 10.3 Å². The van der Waals surface area contributed by atoms with Gasteiger partial charge in [0.25, 0.3) is 11.4 Å². The van der Waals surface area contributed by atoms with E-state index in [4.69, 9.17) is 0 Å². The molecule has 0 aromatic heterocycles. The molecule has 0 spiro atoms. The first-order valence-corrected chi connectivity index (χ1v) is 14.1. The topological polar surface area (TPSA) is 191 Å². The lowest BCUT2D eigenvalue weighted by Gasteiger charge is -2.52. The van der Waals surface area contributed by atoms with E-state index in [-0.39, 0.29) is 17.1 Å². The summed E-state index contributed by atoms with van der Waals surface area (Å²) in [4.78, 5) is 62.7. The number of non-ortho nitro benzene ring substituents is 1. The van der Waals surface area contributed by atoms with Crippen LogP contribution in [0.4, 0.5) is 28.4 Å². The number of benzene rings is 4. The molecule has 1 N–H and O–H groups in total. The van der Waals surface area contributed by atoms with E-state index in [9.17, 15) is 39.9 Å². The van der Waals surface area contributed by atoms with Crippen LogP contribution >= 0.6 is 0 Å². The number of nitrogens with zero attached hydrogens (tertiary/aromatic N) is 5. The first kappa shape index (κ1) is 28.5. The zero-order valence-corrected chi connectivity index (χ0v) is 23.9. The van der Waals surface area contributed by atoms with Crippen LogP contribution in [0.1, 0.15) is 33.7 Å². The van der Waals surface area contributed by atoms with E-state index >= 15 is 0 Å². The molecular formula is C32H22N6O8. The Hall–Kier alpha value is -6.31. The Bertz CT molecular complexity index is 2030. The molecule has 0 radical (unpaired) electrons. The van der Waals surface area contributed by atoms with Crippen LogP contribution in [0.5, 0.6) is 0 Å².